The van der Waals surface area contributed by atoms with Gasteiger partial charge in [0, 0.05) is 17.5 Å². The number of thioether (sulfide) groups is 1. The second-order valence-corrected chi connectivity index (χ2v) is 4.60. The lowest BCUT2D eigenvalue weighted by Gasteiger charge is -2.12. The van der Waals surface area contributed by atoms with Crippen LogP contribution in [0.15, 0.2) is 6.20 Å². The quantitative estimate of drug-likeness (QED) is 0.748. The lowest BCUT2D eigenvalue weighted by atomic mass is 10.1. The Hall–Kier alpha value is -0.740. The fourth-order valence-electron chi connectivity index (χ4n) is 1.63. The summed E-state index contributed by atoms with van der Waals surface area (Å²) in [7, 11) is 0. The number of aromatic hydroxyl groups is 1. The Morgan fingerprint density at radius 1 is 1.50 bits per heavy atom. The van der Waals surface area contributed by atoms with Gasteiger partial charge in [0.1, 0.15) is 5.75 Å². The molecular weight excluding hydrogens is 220 g/mol. The first-order valence-electron chi connectivity index (χ1n) is 5.56. The summed E-state index contributed by atoms with van der Waals surface area (Å²) in [4.78, 5) is 4.20. The van der Waals surface area contributed by atoms with E-state index < -0.39 is 0 Å². The molecule has 0 saturated heterocycles. The first-order chi connectivity index (χ1) is 7.70. The molecule has 0 radical (unpaired) electrons. The van der Waals surface area contributed by atoms with Crippen LogP contribution in [0, 0.1) is 6.92 Å². The van der Waals surface area contributed by atoms with E-state index in [0.717, 1.165) is 42.1 Å². The van der Waals surface area contributed by atoms with E-state index in [-0.39, 0.29) is 0 Å². The van der Waals surface area contributed by atoms with Crippen molar-refractivity contribution in [1.29, 1.82) is 0 Å². The second-order valence-electron chi connectivity index (χ2n) is 3.73. The second kappa shape index (κ2) is 6.76. The van der Waals surface area contributed by atoms with E-state index >= 15 is 0 Å². The van der Waals surface area contributed by atoms with Crippen LogP contribution in [0.3, 0.4) is 0 Å². The number of nitrogens with one attached hydrogen (secondary N) is 1. The Kier molecular flexibility index (Phi) is 5.63. The molecule has 90 valence electrons. The predicted octanol–water partition coefficient (Wildman–Crippen LogP) is 2.11. The van der Waals surface area contributed by atoms with Crippen molar-refractivity contribution in [3.8, 4) is 5.75 Å². The molecule has 0 atom stereocenters. The van der Waals surface area contributed by atoms with Crippen molar-refractivity contribution >= 4 is 11.8 Å². The molecule has 0 aliphatic heterocycles. The number of likely N-dealkylation sites (N-methyl/N-ethyl adjacent to an activating group) is 1. The molecule has 0 amide bonds. The minimum Gasteiger partial charge on any atom is -0.506 e. The number of pyridine rings is 1. The van der Waals surface area contributed by atoms with Gasteiger partial charge in [-0.1, -0.05) is 6.92 Å². The summed E-state index contributed by atoms with van der Waals surface area (Å²) in [6.45, 7) is 5.78. The first-order valence-corrected chi connectivity index (χ1v) is 6.96. The van der Waals surface area contributed by atoms with E-state index in [2.05, 4.69) is 23.5 Å². The highest BCUT2D eigenvalue weighted by Gasteiger charge is 2.10. The number of hydrogen-bond donors (Lipinski definition) is 2. The molecule has 0 fully saturated rings. The highest BCUT2D eigenvalue weighted by Crippen LogP contribution is 2.26. The summed E-state index contributed by atoms with van der Waals surface area (Å²) in [5, 5.41) is 13.3. The molecule has 0 bridgehead atoms. The van der Waals surface area contributed by atoms with Crippen LogP contribution >= 0.6 is 11.8 Å². The largest absolute Gasteiger partial charge is 0.506 e. The van der Waals surface area contributed by atoms with E-state index in [0.29, 0.717) is 5.75 Å². The molecule has 0 aliphatic carbocycles. The van der Waals surface area contributed by atoms with Gasteiger partial charge in [0.25, 0.3) is 0 Å². The number of rotatable bonds is 6. The van der Waals surface area contributed by atoms with Crippen LogP contribution in [0.2, 0.25) is 0 Å². The number of aromatic nitrogens is 1. The molecule has 1 aromatic rings. The lowest BCUT2D eigenvalue weighted by molar-refractivity contribution is 0.458. The molecule has 1 heterocycles. The summed E-state index contributed by atoms with van der Waals surface area (Å²) in [6, 6.07) is 0. The molecule has 1 rings (SSSR count). The zero-order chi connectivity index (χ0) is 12.0. The number of aryl methyl sites for hydroxylation is 1. The highest BCUT2D eigenvalue weighted by molar-refractivity contribution is 7.97. The molecule has 0 unspecified atom stereocenters. The van der Waals surface area contributed by atoms with Gasteiger partial charge in [0.05, 0.1) is 5.69 Å². The van der Waals surface area contributed by atoms with Gasteiger partial charge in [-0.05, 0) is 38.3 Å². The highest BCUT2D eigenvalue weighted by atomic mass is 32.2. The minimum atomic E-state index is 0.365. The summed E-state index contributed by atoms with van der Waals surface area (Å²) in [5.74, 6) is 1.27. The SMILES string of the molecule is CCNCCc1c(CSC)cnc(C)c1O. The molecular formula is C12H20N2OS. The zero-order valence-electron chi connectivity index (χ0n) is 10.2. The third-order valence-corrected chi connectivity index (χ3v) is 3.13. The van der Waals surface area contributed by atoms with Gasteiger partial charge in [-0.15, -0.1) is 0 Å². The van der Waals surface area contributed by atoms with E-state index in [1.165, 1.54) is 0 Å². The maximum atomic E-state index is 10.0. The Morgan fingerprint density at radius 3 is 2.88 bits per heavy atom. The van der Waals surface area contributed by atoms with Crippen LogP contribution in [0.1, 0.15) is 23.7 Å². The summed E-state index contributed by atoms with van der Waals surface area (Å²) in [6.07, 6.45) is 4.80. The van der Waals surface area contributed by atoms with Gasteiger partial charge >= 0.3 is 0 Å². The van der Waals surface area contributed by atoms with Crippen molar-refractivity contribution in [2.75, 3.05) is 19.3 Å². The van der Waals surface area contributed by atoms with Crippen molar-refractivity contribution in [1.82, 2.24) is 10.3 Å². The van der Waals surface area contributed by atoms with E-state index in [1.54, 1.807) is 11.8 Å². The molecule has 0 spiro atoms. The fraction of sp³-hybridized carbons (Fsp3) is 0.583. The molecule has 0 aliphatic rings. The van der Waals surface area contributed by atoms with Crippen molar-refractivity contribution in [2.24, 2.45) is 0 Å². The van der Waals surface area contributed by atoms with Gasteiger partial charge < -0.3 is 10.4 Å². The van der Waals surface area contributed by atoms with E-state index in [1.807, 2.05) is 13.1 Å². The van der Waals surface area contributed by atoms with Crippen LogP contribution in [0.25, 0.3) is 0 Å². The smallest absolute Gasteiger partial charge is 0.140 e. The van der Waals surface area contributed by atoms with Gasteiger partial charge in [0.2, 0.25) is 0 Å². The van der Waals surface area contributed by atoms with Gasteiger partial charge in [-0.2, -0.15) is 11.8 Å². The Morgan fingerprint density at radius 2 is 2.25 bits per heavy atom. The van der Waals surface area contributed by atoms with E-state index in [9.17, 15) is 5.11 Å². The number of hydrogen-bond acceptors (Lipinski definition) is 4. The van der Waals surface area contributed by atoms with Crippen LogP contribution in [0.4, 0.5) is 0 Å². The Balaban J connectivity index is 2.87. The number of nitrogens with zero attached hydrogens (tertiary/aromatic N) is 1. The monoisotopic (exact) mass is 240 g/mol. The minimum absolute atomic E-state index is 0.365. The average Bonchev–Trinajstić information content (AvgIpc) is 2.28. The molecule has 1 aromatic heterocycles. The maximum Gasteiger partial charge on any atom is 0.140 e. The Bertz CT molecular complexity index is 342. The average molecular weight is 240 g/mol. The summed E-state index contributed by atoms with van der Waals surface area (Å²) >= 11 is 1.75. The summed E-state index contributed by atoms with van der Waals surface area (Å²) in [5.41, 5.74) is 2.91. The Labute approximate surface area is 102 Å². The van der Waals surface area contributed by atoms with Crippen LogP contribution < -0.4 is 5.32 Å². The standard InChI is InChI=1S/C12H20N2OS/c1-4-13-6-5-11-10(8-16-3)7-14-9(2)12(11)15/h7,13,15H,4-6,8H2,1-3H3. The topological polar surface area (TPSA) is 45.2 Å². The zero-order valence-corrected chi connectivity index (χ0v) is 11.0. The van der Waals surface area contributed by atoms with Gasteiger partial charge in [0.15, 0.2) is 0 Å². The molecule has 0 saturated carbocycles. The predicted molar refractivity (Wildman–Crippen MR) is 70.1 cm³/mol. The third kappa shape index (κ3) is 3.39. The molecule has 16 heavy (non-hydrogen) atoms. The molecule has 3 nitrogen and oxygen atoms in total. The normalized spacial score (nSPS) is 10.7. The van der Waals surface area contributed by atoms with Crippen LogP contribution in [-0.4, -0.2) is 29.4 Å². The first kappa shape index (κ1) is 13.3. The molecule has 2 N–H and O–H groups in total. The molecule has 4 heteroatoms. The van der Waals surface area contributed by atoms with Gasteiger partial charge in [-0.25, -0.2) is 0 Å². The fourth-order valence-corrected chi connectivity index (χ4v) is 2.19. The van der Waals surface area contributed by atoms with Crippen molar-refractivity contribution < 1.29 is 5.11 Å². The van der Waals surface area contributed by atoms with Crippen molar-refractivity contribution in [3.05, 3.63) is 23.0 Å². The van der Waals surface area contributed by atoms with Crippen LogP contribution in [0.5, 0.6) is 5.75 Å². The maximum absolute atomic E-state index is 10.0. The summed E-state index contributed by atoms with van der Waals surface area (Å²) < 4.78 is 0. The van der Waals surface area contributed by atoms with E-state index in [4.69, 9.17) is 0 Å². The third-order valence-electron chi connectivity index (χ3n) is 2.53. The van der Waals surface area contributed by atoms with Crippen molar-refractivity contribution in [2.45, 2.75) is 26.0 Å². The van der Waals surface area contributed by atoms with Crippen molar-refractivity contribution in [3.63, 3.8) is 0 Å². The van der Waals surface area contributed by atoms with Gasteiger partial charge in [-0.3, -0.25) is 4.98 Å². The molecule has 0 aromatic carbocycles. The lowest BCUT2D eigenvalue weighted by Crippen LogP contribution is -2.17. The van der Waals surface area contributed by atoms with Crippen LogP contribution in [-0.2, 0) is 12.2 Å².